The fraction of sp³-hybridized carbons (Fsp3) is 0.857. The summed E-state index contributed by atoms with van der Waals surface area (Å²) >= 11 is 0. The molecule has 1 N–H and O–H groups in total. The molecule has 1 saturated heterocycles. The Morgan fingerprint density at radius 1 is 1.82 bits per heavy atom. The van der Waals surface area contributed by atoms with Crippen molar-refractivity contribution in [3.63, 3.8) is 0 Å². The summed E-state index contributed by atoms with van der Waals surface area (Å²) in [4.78, 5) is 12.8. The van der Waals surface area contributed by atoms with Gasteiger partial charge in [0.25, 0.3) is 0 Å². The van der Waals surface area contributed by atoms with Crippen molar-refractivity contribution in [3.8, 4) is 0 Å². The highest BCUT2D eigenvalue weighted by atomic mass is 16.2. The lowest BCUT2D eigenvalue weighted by atomic mass is 10.3. The van der Waals surface area contributed by atoms with Crippen LogP contribution in [0.25, 0.3) is 5.53 Å². The van der Waals surface area contributed by atoms with Crippen LogP contribution in [0.2, 0.25) is 0 Å². The molecular weight excluding hydrogens is 142 g/mol. The Labute approximate surface area is 66.1 Å². The maximum Gasteiger partial charge on any atom is 0.227 e. The highest BCUT2D eigenvalue weighted by molar-refractivity contribution is 5.76. The van der Waals surface area contributed by atoms with Crippen LogP contribution in [-0.2, 0) is 4.79 Å². The third kappa shape index (κ3) is 1.56. The van der Waals surface area contributed by atoms with Crippen molar-refractivity contribution in [2.75, 3.05) is 6.54 Å². The zero-order chi connectivity index (χ0) is 8.27. The highest BCUT2D eigenvalue weighted by Crippen LogP contribution is 2.12. The Morgan fingerprint density at radius 2 is 2.55 bits per heavy atom. The molecule has 1 rings (SSSR count). The summed E-state index contributed by atoms with van der Waals surface area (Å²) in [7, 11) is 0. The van der Waals surface area contributed by atoms with Crippen LogP contribution in [0.1, 0.15) is 26.2 Å². The van der Waals surface area contributed by atoms with Crippen molar-refractivity contribution in [1.29, 1.82) is 0 Å². The molecule has 0 radical (unpaired) electrons. The first kappa shape index (κ1) is 8.17. The SMILES string of the molecule is CCC(=O)N1CCCC1[NH+]=[N-]. The van der Waals surface area contributed by atoms with Crippen LogP contribution >= 0.6 is 0 Å². The van der Waals surface area contributed by atoms with Gasteiger partial charge in [-0.25, -0.2) is 0 Å². The van der Waals surface area contributed by atoms with Crippen molar-refractivity contribution in [3.05, 3.63) is 5.53 Å². The Kier molecular flexibility index (Phi) is 2.57. The minimum absolute atomic E-state index is 0.106. The summed E-state index contributed by atoms with van der Waals surface area (Å²) in [6.45, 7) is 2.60. The Hall–Kier alpha value is -0.930. The first-order valence-corrected chi connectivity index (χ1v) is 3.98. The molecule has 0 aromatic rings. The first-order valence-electron chi connectivity index (χ1n) is 3.98. The van der Waals surface area contributed by atoms with Crippen LogP contribution < -0.4 is 5.11 Å². The van der Waals surface area contributed by atoms with Gasteiger partial charge in [-0.15, -0.1) is 0 Å². The van der Waals surface area contributed by atoms with E-state index < -0.39 is 0 Å². The first-order chi connectivity index (χ1) is 5.29. The lowest BCUT2D eigenvalue weighted by Gasteiger charge is -2.17. The lowest BCUT2D eigenvalue weighted by Crippen LogP contribution is -2.76. The molecule has 0 aliphatic carbocycles. The number of amides is 1. The fourth-order valence-corrected chi connectivity index (χ4v) is 1.40. The van der Waals surface area contributed by atoms with Gasteiger partial charge < -0.3 is 10.6 Å². The second kappa shape index (κ2) is 3.46. The van der Waals surface area contributed by atoms with E-state index in [1.165, 1.54) is 0 Å². The number of hydrogen-bond acceptors (Lipinski definition) is 1. The monoisotopic (exact) mass is 155 g/mol. The van der Waals surface area contributed by atoms with Gasteiger partial charge in [0.15, 0.2) is 0 Å². The van der Waals surface area contributed by atoms with E-state index in [2.05, 4.69) is 5.11 Å². The number of rotatable bonds is 2. The minimum Gasteiger partial charge on any atom is -0.507 e. The van der Waals surface area contributed by atoms with Gasteiger partial charge >= 0.3 is 0 Å². The molecule has 1 aliphatic heterocycles. The van der Waals surface area contributed by atoms with E-state index in [4.69, 9.17) is 5.53 Å². The van der Waals surface area contributed by atoms with Crippen molar-refractivity contribution in [2.24, 2.45) is 0 Å². The average molecular weight is 155 g/mol. The van der Waals surface area contributed by atoms with Crippen LogP contribution in [0.4, 0.5) is 0 Å². The average Bonchev–Trinajstić information content (AvgIpc) is 2.50. The smallest absolute Gasteiger partial charge is 0.227 e. The molecule has 4 nitrogen and oxygen atoms in total. The maximum absolute atomic E-state index is 11.2. The topological polar surface area (TPSA) is 56.6 Å². The number of nitrogens with zero attached hydrogens (tertiary/aromatic N) is 2. The number of carbonyl (C=O) groups is 1. The van der Waals surface area contributed by atoms with Crippen molar-refractivity contribution in [1.82, 2.24) is 4.90 Å². The van der Waals surface area contributed by atoms with Crippen LogP contribution in [0.5, 0.6) is 0 Å². The van der Waals surface area contributed by atoms with Crippen molar-refractivity contribution >= 4 is 5.91 Å². The predicted octanol–water partition coefficient (Wildman–Crippen LogP) is -0.553. The van der Waals surface area contributed by atoms with E-state index in [-0.39, 0.29) is 12.1 Å². The summed E-state index contributed by atoms with van der Waals surface area (Å²) in [5, 5.41) is 2.13. The summed E-state index contributed by atoms with van der Waals surface area (Å²) in [5.41, 5.74) is 8.64. The lowest BCUT2D eigenvalue weighted by molar-refractivity contribution is -0.545. The molecule has 1 amide bonds. The summed E-state index contributed by atoms with van der Waals surface area (Å²) in [6.07, 6.45) is 2.19. The number of hydrogen-bond donors (Lipinski definition) is 1. The van der Waals surface area contributed by atoms with E-state index in [0.717, 1.165) is 19.4 Å². The summed E-state index contributed by atoms with van der Waals surface area (Å²) in [6, 6.07) is 0. The van der Waals surface area contributed by atoms with Gasteiger partial charge in [-0.3, -0.25) is 9.69 Å². The molecule has 1 aliphatic rings. The summed E-state index contributed by atoms with van der Waals surface area (Å²) < 4.78 is 0. The van der Waals surface area contributed by atoms with E-state index in [0.29, 0.717) is 6.42 Å². The van der Waals surface area contributed by atoms with Gasteiger partial charge in [0.05, 0.1) is 0 Å². The maximum atomic E-state index is 11.2. The molecule has 1 fully saturated rings. The Morgan fingerprint density at radius 3 is 3.09 bits per heavy atom. The number of nitrogens with one attached hydrogen (secondary N) is 1. The van der Waals surface area contributed by atoms with E-state index >= 15 is 0 Å². The molecule has 0 aromatic heterocycles. The van der Waals surface area contributed by atoms with Gasteiger partial charge in [-0.2, -0.15) is 0 Å². The van der Waals surface area contributed by atoms with Crippen LogP contribution in [0, 0.1) is 0 Å². The Bertz CT molecular complexity index is 169. The predicted molar refractivity (Wildman–Crippen MR) is 39.3 cm³/mol. The molecule has 0 aromatic carbocycles. The van der Waals surface area contributed by atoms with Gasteiger partial charge in [0.1, 0.15) is 0 Å². The molecular formula is C7H13N3O. The molecule has 1 heterocycles. The summed E-state index contributed by atoms with van der Waals surface area (Å²) in [5.74, 6) is 0.106. The zero-order valence-corrected chi connectivity index (χ0v) is 6.71. The van der Waals surface area contributed by atoms with Crippen LogP contribution in [0.15, 0.2) is 0 Å². The van der Waals surface area contributed by atoms with Crippen LogP contribution in [-0.4, -0.2) is 23.5 Å². The fourth-order valence-electron chi connectivity index (χ4n) is 1.40. The van der Waals surface area contributed by atoms with E-state index in [1.54, 1.807) is 4.90 Å². The molecule has 62 valence electrons. The number of likely N-dealkylation sites (tertiary alicyclic amines) is 1. The van der Waals surface area contributed by atoms with Gasteiger partial charge in [0.2, 0.25) is 12.1 Å². The molecule has 0 spiro atoms. The second-order valence-corrected chi connectivity index (χ2v) is 2.73. The van der Waals surface area contributed by atoms with Crippen LogP contribution in [0.3, 0.4) is 0 Å². The van der Waals surface area contributed by atoms with E-state index in [9.17, 15) is 4.79 Å². The van der Waals surface area contributed by atoms with Crippen molar-refractivity contribution < 1.29 is 9.91 Å². The zero-order valence-electron chi connectivity index (χ0n) is 6.71. The molecule has 0 bridgehead atoms. The molecule has 1 atom stereocenters. The van der Waals surface area contributed by atoms with E-state index in [1.807, 2.05) is 6.92 Å². The standard InChI is InChI=1S/C7H13N3O/c1-2-7(11)10-5-3-4-6(10)9-8/h6,9H,2-5H2,1H3. The highest BCUT2D eigenvalue weighted by Gasteiger charge is 2.29. The minimum atomic E-state index is -0.151. The third-order valence-corrected chi connectivity index (χ3v) is 2.02. The molecule has 11 heavy (non-hydrogen) atoms. The quantitative estimate of drug-likeness (QED) is 0.534. The third-order valence-electron chi connectivity index (χ3n) is 2.02. The molecule has 1 unspecified atom stereocenters. The number of carbonyl (C=O) groups excluding carboxylic acids is 1. The van der Waals surface area contributed by atoms with Crippen molar-refractivity contribution in [2.45, 2.75) is 32.4 Å². The molecule has 4 heteroatoms. The normalized spacial score (nSPS) is 23.7. The molecule has 0 saturated carbocycles. The Balaban J connectivity index is 2.56. The van der Waals surface area contributed by atoms with Gasteiger partial charge in [-0.05, 0) is 6.42 Å². The largest absolute Gasteiger partial charge is 0.507 e. The van der Waals surface area contributed by atoms with Gasteiger partial charge in [-0.1, -0.05) is 6.92 Å². The second-order valence-electron chi connectivity index (χ2n) is 2.73. The van der Waals surface area contributed by atoms with Gasteiger partial charge in [0, 0.05) is 19.4 Å².